The van der Waals surface area contributed by atoms with E-state index in [1.807, 2.05) is 0 Å². The lowest BCUT2D eigenvalue weighted by Gasteiger charge is -2.09. The van der Waals surface area contributed by atoms with Crippen LogP contribution in [0, 0.1) is 0 Å². The van der Waals surface area contributed by atoms with E-state index in [4.69, 9.17) is 5.73 Å². The van der Waals surface area contributed by atoms with E-state index in [0.717, 1.165) is 6.42 Å². The molecule has 0 rings (SSSR count). The van der Waals surface area contributed by atoms with Crippen molar-refractivity contribution in [2.75, 3.05) is 13.6 Å². The van der Waals surface area contributed by atoms with Gasteiger partial charge in [-0.3, -0.25) is 4.79 Å². The predicted octanol–water partition coefficient (Wildman–Crippen LogP) is 2.06. The summed E-state index contributed by atoms with van der Waals surface area (Å²) >= 11 is 0. The van der Waals surface area contributed by atoms with Gasteiger partial charge in [-0.15, -0.1) is 0 Å². The SMILES string of the molecule is C.C.C.C.CNC(CCN)C(C)=O. The Morgan fingerprint density at radius 3 is 1.77 bits per heavy atom. The van der Waals surface area contributed by atoms with Crippen molar-refractivity contribution in [1.29, 1.82) is 0 Å². The third-order valence-corrected chi connectivity index (χ3v) is 1.29. The normalized spacial score (nSPS) is 9.15. The molecular formula is C10H30N2O. The van der Waals surface area contributed by atoms with E-state index in [0.29, 0.717) is 6.54 Å². The molecular weight excluding hydrogens is 164 g/mol. The lowest BCUT2D eigenvalue weighted by atomic mass is 10.1. The third kappa shape index (κ3) is 14.4. The Kier molecular flexibility index (Phi) is 39.8. The van der Waals surface area contributed by atoms with Crippen molar-refractivity contribution in [3.63, 3.8) is 0 Å². The van der Waals surface area contributed by atoms with Crippen LogP contribution in [0.1, 0.15) is 43.1 Å². The highest BCUT2D eigenvalue weighted by Gasteiger charge is 2.08. The molecule has 0 spiro atoms. The van der Waals surface area contributed by atoms with Crippen LogP contribution < -0.4 is 11.1 Å². The van der Waals surface area contributed by atoms with E-state index in [9.17, 15) is 4.79 Å². The van der Waals surface area contributed by atoms with Gasteiger partial charge in [-0.25, -0.2) is 0 Å². The largest absolute Gasteiger partial charge is 0.330 e. The van der Waals surface area contributed by atoms with Gasteiger partial charge in [0, 0.05) is 0 Å². The number of carbonyl (C=O) groups excluding carboxylic acids is 1. The summed E-state index contributed by atoms with van der Waals surface area (Å²) in [6, 6.07) is -0.0463. The molecule has 0 heterocycles. The summed E-state index contributed by atoms with van der Waals surface area (Å²) in [4.78, 5) is 10.6. The summed E-state index contributed by atoms with van der Waals surface area (Å²) in [5.41, 5.74) is 5.25. The second-order valence-corrected chi connectivity index (χ2v) is 2.03. The van der Waals surface area contributed by atoms with Crippen LogP contribution in [0.3, 0.4) is 0 Å². The molecule has 86 valence electrons. The van der Waals surface area contributed by atoms with Crippen LogP contribution in [0.2, 0.25) is 0 Å². The number of hydrogen-bond acceptors (Lipinski definition) is 3. The molecule has 0 saturated heterocycles. The zero-order valence-electron chi connectivity index (χ0n) is 5.98. The molecule has 0 radical (unpaired) electrons. The van der Waals surface area contributed by atoms with Gasteiger partial charge in [-0.1, -0.05) is 29.7 Å². The molecule has 3 N–H and O–H groups in total. The standard InChI is InChI=1S/C6H14N2O.4CH4/c1-5(9)6(8-2)3-4-7;;;;/h6,8H,3-4,7H2,1-2H3;4*1H4. The molecule has 0 aliphatic heterocycles. The summed E-state index contributed by atoms with van der Waals surface area (Å²) in [7, 11) is 1.77. The average molecular weight is 194 g/mol. The Labute approximate surface area is 85.1 Å². The molecule has 1 unspecified atom stereocenters. The summed E-state index contributed by atoms with van der Waals surface area (Å²) in [5.74, 6) is 0.156. The zero-order chi connectivity index (χ0) is 7.28. The maximum absolute atomic E-state index is 10.6. The molecule has 0 aromatic rings. The molecule has 0 aliphatic carbocycles. The Morgan fingerprint density at radius 1 is 1.31 bits per heavy atom. The van der Waals surface area contributed by atoms with E-state index >= 15 is 0 Å². The van der Waals surface area contributed by atoms with Crippen molar-refractivity contribution < 1.29 is 4.79 Å². The van der Waals surface area contributed by atoms with Crippen molar-refractivity contribution in [3.8, 4) is 0 Å². The average Bonchev–Trinajstić information content (AvgIpc) is 1.82. The van der Waals surface area contributed by atoms with E-state index < -0.39 is 0 Å². The van der Waals surface area contributed by atoms with Crippen LogP contribution in [0.25, 0.3) is 0 Å². The molecule has 1 atom stereocenters. The van der Waals surface area contributed by atoms with E-state index in [-0.39, 0.29) is 41.5 Å². The Hall–Kier alpha value is -0.410. The van der Waals surface area contributed by atoms with Crippen molar-refractivity contribution >= 4 is 5.78 Å². The summed E-state index contributed by atoms with van der Waals surface area (Å²) < 4.78 is 0. The van der Waals surface area contributed by atoms with Crippen molar-refractivity contribution in [3.05, 3.63) is 0 Å². The Balaban J connectivity index is -0.0000000533. The quantitative estimate of drug-likeness (QED) is 0.720. The molecule has 0 aromatic carbocycles. The smallest absolute Gasteiger partial charge is 0.146 e. The number of likely N-dealkylation sites (N-methyl/N-ethyl adjacent to an activating group) is 1. The molecule has 0 aromatic heterocycles. The van der Waals surface area contributed by atoms with Crippen LogP contribution in [0.5, 0.6) is 0 Å². The third-order valence-electron chi connectivity index (χ3n) is 1.29. The van der Waals surface area contributed by atoms with Gasteiger partial charge in [0.15, 0.2) is 0 Å². The van der Waals surface area contributed by atoms with Gasteiger partial charge in [0.1, 0.15) is 5.78 Å². The highest BCUT2D eigenvalue weighted by Crippen LogP contribution is 1.88. The van der Waals surface area contributed by atoms with Crippen molar-refractivity contribution in [2.45, 2.75) is 49.1 Å². The fraction of sp³-hybridized carbons (Fsp3) is 0.900. The van der Waals surface area contributed by atoms with Gasteiger partial charge in [0.25, 0.3) is 0 Å². The number of Topliss-reactive ketones (excluding diaryl/α,β-unsaturated/α-hetero) is 1. The van der Waals surface area contributed by atoms with Gasteiger partial charge in [-0.2, -0.15) is 0 Å². The Morgan fingerprint density at radius 2 is 1.69 bits per heavy atom. The van der Waals surface area contributed by atoms with Crippen LogP contribution in [0.15, 0.2) is 0 Å². The zero-order valence-corrected chi connectivity index (χ0v) is 5.98. The summed E-state index contributed by atoms with van der Waals surface area (Å²) in [6.07, 6.45) is 0.728. The molecule has 0 fully saturated rings. The van der Waals surface area contributed by atoms with Crippen LogP contribution in [-0.2, 0) is 4.79 Å². The molecule has 13 heavy (non-hydrogen) atoms. The summed E-state index contributed by atoms with van der Waals surface area (Å²) in [6.45, 7) is 2.13. The predicted molar refractivity (Wildman–Crippen MR) is 64.1 cm³/mol. The Bertz CT molecular complexity index is 94.9. The number of nitrogens with two attached hydrogens (primary N) is 1. The van der Waals surface area contributed by atoms with Crippen molar-refractivity contribution in [2.24, 2.45) is 5.73 Å². The maximum Gasteiger partial charge on any atom is 0.146 e. The first-order valence-electron chi connectivity index (χ1n) is 3.10. The number of carbonyl (C=O) groups is 1. The first-order chi connectivity index (χ1) is 4.22. The minimum atomic E-state index is -0.0463. The lowest BCUT2D eigenvalue weighted by Crippen LogP contribution is -2.34. The molecule has 3 nitrogen and oxygen atoms in total. The number of hydrogen-bond donors (Lipinski definition) is 2. The minimum absolute atomic E-state index is 0. The molecule has 0 amide bonds. The van der Waals surface area contributed by atoms with E-state index in [1.165, 1.54) is 0 Å². The van der Waals surface area contributed by atoms with Gasteiger partial charge in [-0.05, 0) is 26.9 Å². The van der Waals surface area contributed by atoms with Gasteiger partial charge >= 0.3 is 0 Å². The number of ketones is 1. The van der Waals surface area contributed by atoms with Crippen LogP contribution >= 0.6 is 0 Å². The topological polar surface area (TPSA) is 55.1 Å². The van der Waals surface area contributed by atoms with E-state index in [2.05, 4.69) is 5.32 Å². The minimum Gasteiger partial charge on any atom is -0.330 e. The number of rotatable bonds is 4. The first-order valence-corrected chi connectivity index (χ1v) is 3.10. The highest BCUT2D eigenvalue weighted by atomic mass is 16.1. The molecule has 3 heteroatoms. The van der Waals surface area contributed by atoms with Crippen LogP contribution in [0.4, 0.5) is 0 Å². The maximum atomic E-state index is 10.6. The lowest BCUT2D eigenvalue weighted by molar-refractivity contribution is -0.118. The van der Waals surface area contributed by atoms with Gasteiger partial charge in [0.2, 0.25) is 0 Å². The summed E-state index contributed by atoms with van der Waals surface area (Å²) in [5, 5.41) is 2.87. The fourth-order valence-electron chi connectivity index (χ4n) is 0.718. The van der Waals surface area contributed by atoms with Gasteiger partial charge in [0.05, 0.1) is 6.04 Å². The molecule has 0 saturated carbocycles. The highest BCUT2D eigenvalue weighted by molar-refractivity contribution is 5.81. The second-order valence-electron chi connectivity index (χ2n) is 2.03. The number of nitrogens with one attached hydrogen (secondary N) is 1. The molecule has 0 bridgehead atoms. The second kappa shape index (κ2) is 17.6. The van der Waals surface area contributed by atoms with Crippen LogP contribution in [-0.4, -0.2) is 25.4 Å². The first kappa shape index (κ1) is 29.4. The fourth-order valence-corrected chi connectivity index (χ4v) is 0.718. The van der Waals surface area contributed by atoms with Gasteiger partial charge < -0.3 is 11.1 Å². The van der Waals surface area contributed by atoms with Crippen molar-refractivity contribution in [1.82, 2.24) is 5.32 Å². The molecule has 0 aliphatic rings. The van der Waals surface area contributed by atoms with E-state index in [1.54, 1.807) is 14.0 Å². The monoisotopic (exact) mass is 194 g/mol.